The van der Waals surface area contributed by atoms with E-state index >= 15 is 0 Å². The van der Waals surface area contributed by atoms with E-state index in [4.69, 9.17) is 0 Å². The van der Waals surface area contributed by atoms with Crippen molar-refractivity contribution < 1.29 is 4.39 Å². The second-order valence-electron chi connectivity index (χ2n) is 4.78. The van der Waals surface area contributed by atoms with E-state index in [9.17, 15) is 9.18 Å². The van der Waals surface area contributed by atoms with E-state index in [1.165, 1.54) is 16.5 Å². The molecule has 0 spiro atoms. The van der Waals surface area contributed by atoms with Gasteiger partial charge in [0, 0.05) is 28.2 Å². The van der Waals surface area contributed by atoms with Gasteiger partial charge < -0.3 is 0 Å². The maximum Gasteiger partial charge on any atom is 0.258 e. The van der Waals surface area contributed by atoms with Crippen molar-refractivity contribution in [2.24, 2.45) is 0 Å². The molecule has 0 fully saturated rings. The van der Waals surface area contributed by atoms with Crippen LogP contribution in [-0.2, 0) is 11.5 Å². The lowest BCUT2D eigenvalue weighted by atomic mass is 10.2. The van der Waals surface area contributed by atoms with Crippen molar-refractivity contribution in [1.82, 2.24) is 9.38 Å². The van der Waals surface area contributed by atoms with Crippen LogP contribution in [0.5, 0.6) is 0 Å². The highest BCUT2D eigenvalue weighted by molar-refractivity contribution is 9.10. The van der Waals surface area contributed by atoms with Gasteiger partial charge in [0.15, 0.2) is 0 Å². The Balaban J connectivity index is 1.73. The molecule has 6 heteroatoms. The molecule has 112 valence electrons. The molecule has 0 N–H and O–H groups in total. The SMILES string of the molecule is O=c1cc(CSCc2ccc(F)cc2)nc2ccc(Br)cn12. The molecule has 0 bridgehead atoms. The minimum absolute atomic E-state index is 0.0938. The van der Waals surface area contributed by atoms with Crippen LogP contribution < -0.4 is 5.56 Å². The van der Waals surface area contributed by atoms with Crippen LogP contribution in [0.15, 0.2) is 57.9 Å². The molecular weight excluding hydrogens is 367 g/mol. The first-order chi connectivity index (χ1) is 10.6. The first kappa shape index (κ1) is 15.2. The fourth-order valence-electron chi connectivity index (χ4n) is 2.05. The highest BCUT2D eigenvalue weighted by Crippen LogP contribution is 2.17. The zero-order valence-electron chi connectivity index (χ0n) is 11.5. The van der Waals surface area contributed by atoms with Crippen LogP contribution >= 0.6 is 27.7 Å². The van der Waals surface area contributed by atoms with E-state index < -0.39 is 0 Å². The summed E-state index contributed by atoms with van der Waals surface area (Å²) in [7, 11) is 0. The molecule has 0 unspecified atom stereocenters. The third-order valence-corrected chi connectivity index (χ3v) is 4.61. The summed E-state index contributed by atoms with van der Waals surface area (Å²) in [5, 5.41) is 0. The Labute approximate surface area is 139 Å². The molecule has 3 nitrogen and oxygen atoms in total. The van der Waals surface area contributed by atoms with Crippen LogP contribution in [0, 0.1) is 5.82 Å². The van der Waals surface area contributed by atoms with Gasteiger partial charge in [0.1, 0.15) is 11.5 Å². The van der Waals surface area contributed by atoms with Crippen molar-refractivity contribution in [2.75, 3.05) is 0 Å². The van der Waals surface area contributed by atoms with Crippen LogP contribution in [0.2, 0.25) is 0 Å². The summed E-state index contributed by atoms with van der Waals surface area (Å²) in [5.41, 5.74) is 2.34. The lowest BCUT2D eigenvalue weighted by molar-refractivity contribution is 0.627. The summed E-state index contributed by atoms with van der Waals surface area (Å²) in [4.78, 5) is 16.6. The lowest BCUT2D eigenvalue weighted by Crippen LogP contribution is -2.15. The molecule has 3 rings (SSSR count). The zero-order valence-corrected chi connectivity index (χ0v) is 13.9. The maximum atomic E-state index is 12.8. The minimum Gasteiger partial charge on any atom is -0.269 e. The number of nitrogens with zero attached hydrogens (tertiary/aromatic N) is 2. The van der Waals surface area contributed by atoms with Crippen molar-refractivity contribution in [1.29, 1.82) is 0 Å². The first-order valence-corrected chi connectivity index (χ1v) is 8.56. The number of rotatable bonds is 4. The van der Waals surface area contributed by atoms with E-state index in [0.717, 1.165) is 21.5 Å². The topological polar surface area (TPSA) is 34.4 Å². The number of halogens is 2. The average Bonchev–Trinajstić information content (AvgIpc) is 2.50. The van der Waals surface area contributed by atoms with Gasteiger partial charge in [0.25, 0.3) is 5.56 Å². The summed E-state index contributed by atoms with van der Waals surface area (Å²) in [6.07, 6.45) is 1.71. The van der Waals surface area contributed by atoms with Crippen LogP contribution in [0.3, 0.4) is 0 Å². The third kappa shape index (κ3) is 3.56. The van der Waals surface area contributed by atoms with Gasteiger partial charge in [-0.3, -0.25) is 9.20 Å². The first-order valence-electron chi connectivity index (χ1n) is 6.62. The van der Waals surface area contributed by atoms with Gasteiger partial charge in [-0.15, -0.1) is 0 Å². The van der Waals surface area contributed by atoms with Gasteiger partial charge in [-0.1, -0.05) is 12.1 Å². The number of pyridine rings is 1. The Bertz CT molecular complexity index is 864. The highest BCUT2D eigenvalue weighted by Gasteiger charge is 2.04. The van der Waals surface area contributed by atoms with Crippen molar-refractivity contribution in [3.05, 3.63) is 80.6 Å². The van der Waals surface area contributed by atoms with E-state index in [1.807, 2.05) is 6.07 Å². The summed E-state index contributed by atoms with van der Waals surface area (Å²) >= 11 is 4.98. The van der Waals surface area contributed by atoms with Gasteiger partial charge in [0.05, 0.1) is 5.69 Å². The molecular formula is C16H12BrFN2OS. The van der Waals surface area contributed by atoms with Gasteiger partial charge in [-0.2, -0.15) is 11.8 Å². The molecule has 0 aliphatic heterocycles. The number of benzene rings is 1. The smallest absolute Gasteiger partial charge is 0.258 e. The summed E-state index contributed by atoms with van der Waals surface area (Å²) in [5.74, 6) is 1.16. The number of thioether (sulfide) groups is 1. The van der Waals surface area contributed by atoms with Crippen molar-refractivity contribution in [3.63, 3.8) is 0 Å². The van der Waals surface area contributed by atoms with Crippen LogP contribution in [0.4, 0.5) is 4.39 Å². The molecule has 3 aromatic rings. The summed E-state index contributed by atoms with van der Waals surface area (Å²) < 4.78 is 15.2. The molecule has 1 aromatic carbocycles. The van der Waals surface area contributed by atoms with Gasteiger partial charge >= 0.3 is 0 Å². The number of hydrogen-bond donors (Lipinski definition) is 0. The molecule has 22 heavy (non-hydrogen) atoms. The molecule has 0 amide bonds. The van der Waals surface area contributed by atoms with E-state index in [-0.39, 0.29) is 11.4 Å². The number of hydrogen-bond acceptors (Lipinski definition) is 3. The van der Waals surface area contributed by atoms with E-state index in [2.05, 4.69) is 20.9 Å². The van der Waals surface area contributed by atoms with Crippen molar-refractivity contribution in [2.45, 2.75) is 11.5 Å². The quantitative estimate of drug-likeness (QED) is 0.687. The van der Waals surface area contributed by atoms with Crippen molar-refractivity contribution >= 4 is 33.3 Å². The second-order valence-corrected chi connectivity index (χ2v) is 6.68. The predicted molar refractivity (Wildman–Crippen MR) is 90.6 cm³/mol. The minimum atomic E-state index is -0.232. The van der Waals surface area contributed by atoms with E-state index in [0.29, 0.717) is 11.4 Å². The Kier molecular flexibility index (Phi) is 4.59. The Hall–Kier alpha value is -1.66. The molecule has 0 saturated heterocycles. The molecule has 0 aliphatic rings. The maximum absolute atomic E-state index is 12.8. The monoisotopic (exact) mass is 378 g/mol. The molecule has 0 saturated carbocycles. The molecule has 2 heterocycles. The molecule has 0 radical (unpaired) electrons. The molecule has 0 aliphatic carbocycles. The van der Waals surface area contributed by atoms with Gasteiger partial charge in [-0.25, -0.2) is 9.37 Å². The Morgan fingerprint density at radius 2 is 1.91 bits per heavy atom. The normalized spacial score (nSPS) is 11.0. The fourth-order valence-corrected chi connectivity index (χ4v) is 3.28. The second kappa shape index (κ2) is 6.62. The van der Waals surface area contributed by atoms with Crippen molar-refractivity contribution in [3.8, 4) is 0 Å². The Morgan fingerprint density at radius 3 is 2.68 bits per heavy atom. The highest BCUT2D eigenvalue weighted by atomic mass is 79.9. The van der Waals surface area contributed by atoms with Gasteiger partial charge in [0.2, 0.25) is 0 Å². The standard InChI is InChI=1S/C16H12BrFN2OS/c17-12-3-6-15-19-14(7-16(21)20(15)8-12)10-22-9-11-1-4-13(18)5-2-11/h1-8H,9-10H2. The zero-order chi connectivity index (χ0) is 15.5. The fraction of sp³-hybridized carbons (Fsp3) is 0.125. The van der Waals surface area contributed by atoms with Gasteiger partial charge in [-0.05, 0) is 45.8 Å². The number of aromatic nitrogens is 2. The number of fused-ring (bicyclic) bond motifs is 1. The molecule has 0 atom stereocenters. The predicted octanol–water partition coefficient (Wildman–Crippen LogP) is 4.03. The average molecular weight is 379 g/mol. The summed E-state index contributed by atoms with van der Waals surface area (Å²) in [6, 6.07) is 11.7. The van der Waals surface area contributed by atoms with Crippen LogP contribution in [0.1, 0.15) is 11.3 Å². The van der Waals surface area contributed by atoms with Crippen LogP contribution in [-0.4, -0.2) is 9.38 Å². The summed E-state index contributed by atoms with van der Waals surface area (Å²) in [6.45, 7) is 0. The Morgan fingerprint density at radius 1 is 1.14 bits per heavy atom. The molecule has 2 aromatic heterocycles. The van der Waals surface area contributed by atoms with E-state index in [1.54, 1.807) is 42.2 Å². The lowest BCUT2D eigenvalue weighted by Gasteiger charge is -2.05. The van der Waals surface area contributed by atoms with Crippen LogP contribution in [0.25, 0.3) is 5.65 Å². The largest absolute Gasteiger partial charge is 0.269 e. The third-order valence-electron chi connectivity index (χ3n) is 3.11.